The lowest BCUT2D eigenvalue weighted by atomic mass is 10.2. The quantitative estimate of drug-likeness (QED) is 0.564. The van der Waals surface area contributed by atoms with Crippen LogP contribution in [0.25, 0.3) is 11.0 Å². The summed E-state index contributed by atoms with van der Waals surface area (Å²) in [5.74, 6) is -0.852. The number of hydrogen-bond donors (Lipinski definition) is 2. The summed E-state index contributed by atoms with van der Waals surface area (Å²) < 4.78 is 19.7. The van der Waals surface area contributed by atoms with Crippen molar-refractivity contribution in [2.75, 3.05) is 5.32 Å². The van der Waals surface area contributed by atoms with Gasteiger partial charge in [-0.15, -0.1) is 0 Å². The van der Waals surface area contributed by atoms with E-state index in [-0.39, 0.29) is 18.3 Å². The molecule has 27 heavy (non-hydrogen) atoms. The third-order valence-electron chi connectivity index (χ3n) is 3.97. The van der Waals surface area contributed by atoms with Crippen molar-refractivity contribution in [2.24, 2.45) is 0 Å². The maximum Gasteiger partial charge on any atom is 0.259 e. The van der Waals surface area contributed by atoms with E-state index >= 15 is 0 Å². The molecule has 3 heterocycles. The molecule has 0 aliphatic heterocycles. The Morgan fingerprint density at radius 1 is 1.11 bits per heavy atom. The van der Waals surface area contributed by atoms with Crippen LogP contribution in [0.15, 0.2) is 67.1 Å². The molecular formula is C20H15FN4O2. The lowest BCUT2D eigenvalue weighted by Crippen LogP contribution is -2.12. The first-order chi connectivity index (χ1) is 13.2. The third kappa shape index (κ3) is 3.62. The molecule has 0 spiro atoms. The van der Waals surface area contributed by atoms with E-state index in [0.717, 1.165) is 5.52 Å². The van der Waals surface area contributed by atoms with Gasteiger partial charge in [0.1, 0.15) is 12.1 Å². The number of hydrogen-bond acceptors (Lipinski definition) is 4. The summed E-state index contributed by atoms with van der Waals surface area (Å²) in [5, 5.41) is 2.67. The molecule has 0 aliphatic rings. The molecule has 6 nitrogen and oxygen atoms in total. The van der Waals surface area contributed by atoms with Gasteiger partial charge in [-0.1, -0.05) is 6.07 Å². The van der Waals surface area contributed by atoms with E-state index in [1.807, 2.05) is 12.1 Å². The number of aromatic nitrogens is 3. The molecule has 1 amide bonds. The zero-order valence-electron chi connectivity index (χ0n) is 14.1. The first-order valence-corrected chi connectivity index (χ1v) is 8.26. The minimum atomic E-state index is -0.569. The average molecular weight is 362 g/mol. The lowest BCUT2D eigenvalue weighted by molar-refractivity contribution is 0.102. The highest BCUT2D eigenvalue weighted by Crippen LogP contribution is 2.23. The van der Waals surface area contributed by atoms with Gasteiger partial charge in [0.15, 0.2) is 11.6 Å². The molecule has 0 saturated carbocycles. The monoisotopic (exact) mass is 362 g/mol. The molecule has 0 aliphatic carbocycles. The van der Waals surface area contributed by atoms with Crippen molar-refractivity contribution < 1.29 is 13.9 Å². The topological polar surface area (TPSA) is 79.9 Å². The minimum absolute atomic E-state index is 0.0902. The number of ether oxygens (including phenoxy) is 1. The number of carbonyl (C=O) groups is 1. The van der Waals surface area contributed by atoms with Crippen LogP contribution in [0, 0.1) is 5.82 Å². The second-order valence-electron chi connectivity index (χ2n) is 5.81. The van der Waals surface area contributed by atoms with Crippen LogP contribution in [0.1, 0.15) is 16.1 Å². The number of carbonyl (C=O) groups excluding carboxylic acids is 1. The van der Waals surface area contributed by atoms with Crippen molar-refractivity contribution in [1.82, 2.24) is 15.0 Å². The second-order valence-corrected chi connectivity index (χ2v) is 5.81. The van der Waals surface area contributed by atoms with E-state index in [0.29, 0.717) is 22.5 Å². The average Bonchev–Trinajstić information content (AvgIpc) is 3.12. The molecule has 0 atom stereocenters. The van der Waals surface area contributed by atoms with Gasteiger partial charge in [-0.3, -0.25) is 14.8 Å². The Hall–Kier alpha value is -3.74. The van der Waals surface area contributed by atoms with Gasteiger partial charge in [-0.2, -0.15) is 0 Å². The number of benzene rings is 1. The van der Waals surface area contributed by atoms with Crippen LogP contribution in [-0.4, -0.2) is 20.9 Å². The molecule has 0 fully saturated rings. The van der Waals surface area contributed by atoms with Crippen molar-refractivity contribution in [3.63, 3.8) is 0 Å². The Morgan fingerprint density at radius 3 is 2.81 bits per heavy atom. The summed E-state index contributed by atoms with van der Waals surface area (Å²) in [4.78, 5) is 23.8. The highest BCUT2D eigenvalue weighted by molar-refractivity contribution is 6.11. The third-order valence-corrected chi connectivity index (χ3v) is 3.97. The minimum Gasteiger partial charge on any atom is -0.484 e. The number of amides is 1. The van der Waals surface area contributed by atoms with Gasteiger partial charge in [0, 0.05) is 30.3 Å². The zero-order valence-corrected chi connectivity index (χ0v) is 14.1. The largest absolute Gasteiger partial charge is 0.484 e. The number of aromatic amines is 1. The number of H-pyrrole nitrogens is 1. The van der Waals surface area contributed by atoms with Gasteiger partial charge in [0.25, 0.3) is 5.91 Å². The van der Waals surface area contributed by atoms with Crippen molar-refractivity contribution in [3.8, 4) is 5.75 Å². The molecule has 1 aromatic carbocycles. The van der Waals surface area contributed by atoms with Crippen LogP contribution in [0.5, 0.6) is 5.75 Å². The summed E-state index contributed by atoms with van der Waals surface area (Å²) in [5.41, 5.74) is 2.73. The van der Waals surface area contributed by atoms with E-state index in [1.165, 1.54) is 12.1 Å². The molecule has 0 saturated heterocycles. The molecule has 4 aromatic rings. The molecule has 0 bridgehead atoms. The molecule has 0 unspecified atom stereocenters. The lowest BCUT2D eigenvalue weighted by Gasteiger charge is -2.09. The fraction of sp³-hybridized carbons (Fsp3) is 0.0500. The van der Waals surface area contributed by atoms with E-state index < -0.39 is 5.82 Å². The Labute approximate surface area is 154 Å². The summed E-state index contributed by atoms with van der Waals surface area (Å²) >= 11 is 0. The molecule has 2 N–H and O–H groups in total. The normalized spacial score (nSPS) is 10.7. The Balaban J connectivity index is 1.46. The SMILES string of the molecule is O=C(Nc1ccc(OCc2ccccn2)c(F)c1)c1c[nH]c2cccnc12. The Morgan fingerprint density at radius 2 is 2.00 bits per heavy atom. The van der Waals surface area contributed by atoms with Crippen molar-refractivity contribution in [3.05, 3.63) is 84.2 Å². The van der Waals surface area contributed by atoms with Crippen LogP contribution >= 0.6 is 0 Å². The molecular weight excluding hydrogens is 347 g/mol. The number of pyridine rings is 2. The maximum absolute atomic E-state index is 14.3. The Bertz CT molecular complexity index is 1100. The van der Waals surface area contributed by atoms with Crippen LogP contribution in [-0.2, 0) is 6.61 Å². The standard InChI is InChI=1S/C20H15FN4O2/c21-16-10-13(6-7-18(16)27-12-14-4-1-2-8-22-14)25-20(26)15-11-24-17-5-3-9-23-19(15)17/h1-11,24H,12H2,(H,25,26). The summed E-state index contributed by atoms with van der Waals surface area (Å²) in [7, 11) is 0. The number of nitrogens with one attached hydrogen (secondary N) is 2. The smallest absolute Gasteiger partial charge is 0.259 e. The van der Waals surface area contributed by atoms with E-state index in [2.05, 4.69) is 20.3 Å². The predicted octanol–water partition coefficient (Wildman–Crippen LogP) is 3.93. The van der Waals surface area contributed by atoms with E-state index in [1.54, 1.807) is 42.9 Å². The molecule has 7 heteroatoms. The van der Waals surface area contributed by atoms with Gasteiger partial charge >= 0.3 is 0 Å². The van der Waals surface area contributed by atoms with Gasteiger partial charge < -0.3 is 15.0 Å². The fourth-order valence-electron chi connectivity index (χ4n) is 2.66. The van der Waals surface area contributed by atoms with Gasteiger partial charge in [-0.05, 0) is 36.4 Å². The maximum atomic E-state index is 14.3. The summed E-state index contributed by atoms with van der Waals surface area (Å²) in [6.45, 7) is 0.157. The highest BCUT2D eigenvalue weighted by Gasteiger charge is 2.14. The number of halogens is 1. The second kappa shape index (κ2) is 7.25. The first-order valence-electron chi connectivity index (χ1n) is 8.26. The van der Waals surface area contributed by atoms with Gasteiger partial charge in [0.2, 0.25) is 0 Å². The van der Waals surface area contributed by atoms with Crippen molar-refractivity contribution >= 4 is 22.6 Å². The number of anilines is 1. The molecule has 3 aromatic heterocycles. The predicted molar refractivity (Wildman–Crippen MR) is 99.0 cm³/mol. The van der Waals surface area contributed by atoms with Crippen molar-refractivity contribution in [1.29, 1.82) is 0 Å². The van der Waals surface area contributed by atoms with E-state index in [4.69, 9.17) is 4.74 Å². The Kier molecular flexibility index (Phi) is 4.49. The summed E-state index contributed by atoms with van der Waals surface area (Å²) in [6, 6.07) is 13.3. The molecule has 0 radical (unpaired) electrons. The van der Waals surface area contributed by atoms with Gasteiger partial charge in [0.05, 0.1) is 16.8 Å². The highest BCUT2D eigenvalue weighted by atomic mass is 19.1. The van der Waals surface area contributed by atoms with Crippen LogP contribution in [0.2, 0.25) is 0 Å². The number of rotatable bonds is 5. The van der Waals surface area contributed by atoms with Crippen LogP contribution in [0.4, 0.5) is 10.1 Å². The fourth-order valence-corrected chi connectivity index (χ4v) is 2.66. The first kappa shape index (κ1) is 16.7. The zero-order chi connectivity index (χ0) is 18.6. The van der Waals surface area contributed by atoms with Crippen LogP contribution < -0.4 is 10.1 Å². The van der Waals surface area contributed by atoms with Crippen LogP contribution in [0.3, 0.4) is 0 Å². The molecule has 4 rings (SSSR count). The number of fused-ring (bicyclic) bond motifs is 1. The van der Waals surface area contributed by atoms with Gasteiger partial charge in [-0.25, -0.2) is 4.39 Å². The number of nitrogens with zero attached hydrogens (tertiary/aromatic N) is 2. The van der Waals surface area contributed by atoms with E-state index in [9.17, 15) is 9.18 Å². The summed E-state index contributed by atoms with van der Waals surface area (Å²) in [6.07, 6.45) is 4.83. The molecule has 134 valence electrons. The van der Waals surface area contributed by atoms with Crippen molar-refractivity contribution in [2.45, 2.75) is 6.61 Å².